The van der Waals surface area contributed by atoms with Gasteiger partial charge >= 0.3 is 0 Å². The van der Waals surface area contributed by atoms with Gasteiger partial charge in [0.25, 0.3) is 23.6 Å². The molecule has 0 atom stereocenters. The number of carbonyl (C=O) groups excluding carboxylic acids is 4. The summed E-state index contributed by atoms with van der Waals surface area (Å²) >= 11 is 0. The number of hydrogen-bond acceptors (Lipinski definition) is 4. The smallest absolute Gasteiger partial charge is 0.259 e. The van der Waals surface area contributed by atoms with E-state index in [1.807, 2.05) is 109 Å². The molecule has 0 saturated heterocycles. The predicted octanol–water partition coefficient (Wildman–Crippen LogP) is 4.41. The van der Waals surface area contributed by atoms with Gasteiger partial charge in [-0.05, 0) is 39.8 Å². The molecule has 0 spiro atoms. The Morgan fingerprint density at radius 1 is 0.359 bits per heavy atom. The first-order valence-corrected chi connectivity index (χ1v) is 12.5. The Bertz CT molecular complexity index is 1570. The van der Waals surface area contributed by atoms with Crippen molar-refractivity contribution >= 4 is 45.9 Å². The van der Waals surface area contributed by atoms with Gasteiger partial charge in [-0.25, -0.2) is 0 Å². The number of amides is 4. The molecule has 4 aromatic rings. The maximum absolute atomic E-state index is 12.6. The fourth-order valence-corrected chi connectivity index (χ4v) is 5.04. The first-order chi connectivity index (χ1) is 19.0. The van der Waals surface area contributed by atoms with Gasteiger partial charge < -0.3 is 0 Å². The van der Waals surface area contributed by atoms with E-state index in [0.717, 1.165) is 11.1 Å². The summed E-state index contributed by atoms with van der Waals surface area (Å²) in [4.78, 5) is 50.2. The zero-order valence-electron chi connectivity index (χ0n) is 20.7. The Kier molecular flexibility index (Phi) is 6.05. The molecule has 0 radical (unpaired) electrons. The van der Waals surface area contributed by atoms with Gasteiger partial charge in [-0.2, -0.15) is 0 Å². The van der Waals surface area contributed by atoms with Crippen LogP contribution in [0.15, 0.2) is 109 Å². The van der Waals surface area contributed by atoms with Gasteiger partial charge in [0, 0.05) is 0 Å². The van der Waals surface area contributed by atoms with E-state index in [4.69, 9.17) is 0 Å². The SMILES string of the molecule is O=C1NC(=O)C(c2ccc(Cc3ccc(C4=C(c5ccccc5)C(=O)NC4=O)cc3)cc2)=C1c1ccccc1. The Hall–Kier alpha value is -5.36. The number of nitrogens with one attached hydrogen (secondary N) is 2. The molecular formula is C33H22N2O4. The molecule has 188 valence electrons. The van der Waals surface area contributed by atoms with Crippen LogP contribution >= 0.6 is 0 Å². The fourth-order valence-electron chi connectivity index (χ4n) is 5.04. The van der Waals surface area contributed by atoms with Gasteiger partial charge in [0.05, 0.1) is 22.3 Å². The van der Waals surface area contributed by atoms with E-state index in [0.29, 0.717) is 51.0 Å². The largest absolute Gasteiger partial charge is 0.288 e. The summed E-state index contributed by atoms with van der Waals surface area (Å²) in [6, 6.07) is 33.5. The Labute approximate surface area is 224 Å². The zero-order valence-corrected chi connectivity index (χ0v) is 20.7. The van der Waals surface area contributed by atoms with E-state index in [9.17, 15) is 19.2 Å². The summed E-state index contributed by atoms with van der Waals surface area (Å²) in [6.07, 6.45) is 0.631. The molecule has 6 heteroatoms. The quantitative estimate of drug-likeness (QED) is 0.376. The minimum absolute atomic E-state index is 0.369. The summed E-state index contributed by atoms with van der Waals surface area (Å²) < 4.78 is 0. The van der Waals surface area contributed by atoms with Crippen molar-refractivity contribution in [2.75, 3.05) is 0 Å². The van der Waals surface area contributed by atoms with Crippen LogP contribution in [0, 0.1) is 0 Å². The number of imide groups is 2. The molecule has 2 N–H and O–H groups in total. The maximum Gasteiger partial charge on any atom is 0.259 e. The standard InChI is InChI=1S/C33H22N2O4/c36-30-26(22-7-3-1-4-8-22)28(32(38)34-30)24-15-11-20(12-16-24)19-21-13-17-25(18-14-21)29-27(31(37)35-33(29)39)23-9-5-2-6-10-23/h1-18H,19H2,(H,34,36,38)(H,35,37,39). The van der Waals surface area contributed by atoms with Crippen molar-refractivity contribution in [3.63, 3.8) is 0 Å². The van der Waals surface area contributed by atoms with Crippen LogP contribution in [-0.2, 0) is 25.6 Å². The average Bonchev–Trinajstić information content (AvgIpc) is 3.43. The lowest BCUT2D eigenvalue weighted by atomic mass is 9.93. The van der Waals surface area contributed by atoms with Crippen molar-refractivity contribution in [1.29, 1.82) is 0 Å². The summed E-state index contributed by atoms with van der Waals surface area (Å²) in [6.45, 7) is 0. The highest BCUT2D eigenvalue weighted by molar-refractivity contribution is 6.49. The molecule has 6 rings (SSSR count). The molecule has 6 nitrogen and oxygen atoms in total. The van der Waals surface area contributed by atoms with E-state index < -0.39 is 23.6 Å². The Balaban J connectivity index is 1.26. The van der Waals surface area contributed by atoms with E-state index >= 15 is 0 Å². The number of hydrogen-bond donors (Lipinski definition) is 2. The Morgan fingerprint density at radius 2 is 0.641 bits per heavy atom. The van der Waals surface area contributed by atoms with Crippen LogP contribution in [0.5, 0.6) is 0 Å². The number of rotatable bonds is 6. The second-order valence-corrected chi connectivity index (χ2v) is 9.37. The zero-order chi connectivity index (χ0) is 26.9. The first-order valence-electron chi connectivity index (χ1n) is 12.5. The van der Waals surface area contributed by atoms with Gasteiger partial charge in [0.15, 0.2) is 0 Å². The molecule has 4 amide bonds. The van der Waals surface area contributed by atoms with E-state index in [2.05, 4.69) is 10.6 Å². The van der Waals surface area contributed by atoms with Crippen LogP contribution in [-0.4, -0.2) is 23.6 Å². The highest BCUT2D eigenvalue weighted by Gasteiger charge is 2.33. The molecular weight excluding hydrogens is 488 g/mol. The molecule has 0 bridgehead atoms. The van der Waals surface area contributed by atoms with Crippen LogP contribution in [0.4, 0.5) is 0 Å². The van der Waals surface area contributed by atoms with E-state index in [-0.39, 0.29) is 0 Å². The van der Waals surface area contributed by atoms with Gasteiger partial charge in [0.2, 0.25) is 0 Å². The Morgan fingerprint density at radius 3 is 0.949 bits per heavy atom. The molecule has 4 aromatic carbocycles. The summed E-state index contributed by atoms with van der Waals surface area (Å²) in [7, 11) is 0. The normalized spacial score (nSPS) is 15.2. The molecule has 0 unspecified atom stereocenters. The number of carbonyl (C=O) groups is 4. The second-order valence-electron chi connectivity index (χ2n) is 9.37. The van der Waals surface area contributed by atoms with Crippen LogP contribution in [0.1, 0.15) is 33.4 Å². The molecule has 0 fully saturated rings. The molecule has 2 aliphatic rings. The first kappa shape index (κ1) is 24.0. The van der Waals surface area contributed by atoms with Gasteiger partial charge in [-0.1, -0.05) is 109 Å². The minimum Gasteiger partial charge on any atom is -0.288 e. The number of benzene rings is 4. The van der Waals surface area contributed by atoms with Crippen molar-refractivity contribution in [1.82, 2.24) is 10.6 Å². The summed E-state index contributed by atoms with van der Waals surface area (Å²) in [5.74, 6) is -1.59. The fraction of sp³-hybridized carbons (Fsp3) is 0.0303. The predicted molar refractivity (Wildman–Crippen MR) is 149 cm³/mol. The molecule has 0 aliphatic carbocycles. The summed E-state index contributed by atoms with van der Waals surface area (Å²) in [5, 5.41) is 4.82. The topological polar surface area (TPSA) is 92.3 Å². The lowest BCUT2D eigenvalue weighted by Crippen LogP contribution is -2.22. The van der Waals surface area contributed by atoms with E-state index in [1.165, 1.54) is 0 Å². The molecule has 2 aliphatic heterocycles. The third kappa shape index (κ3) is 4.49. The molecule has 0 aromatic heterocycles. The monoisotopic (exact) mass is 510 g/mol. The van der Waals surface area contributed by atoms with Crippen LogP contribution in [0.25, 0.3) is 22.3 Å². The highest BCUT2D eigenvalue weighted by Crippen LogP contribution is 2.33. The van der Waals surface area contributed by atoms with Crippen molar-refractivity contribution < 1.29 is 19.2 Å². The van der Waals surface area contributed by atoms with Gasteiger partial charge in [-0.3, -0.25) is 29.8 Å². The minimum atomic E-state index is -0.402. The third-order valence-electron chi connectivity index (χ3n) is 6.88. The molecule has 39 heavy (non-hydrogen) atoms. The molecule has 0 saturated carbocycles. The highest BCUT2D eigenvalue weighted by atomic mass is 16.2. The van der Waals surface area contributed by atoms with Gasteiger partial charge in [0.1, 0.15) is 0 Å². The third-order valence-corrected chi connectivity index (χ3v) is 6.88. The summed E-state index contributed by atoms with van der Waals surface area (Å²) in [5.41, 5.74) is 6.29. The second kappa shape index (κ2) is 9.84. The van der Waals surface area contributed by atoms with Crippen LogP contribution in [0.3, 0.4) is 0 Å². The van der Waals surface area contributed by atoms with Crippen molar-refractivity contribution in [2.45, 2.75) is 6.42 Å². The maximum atomic E-state index is 12.6. The van der Waals surface area contributed by atoms with Crippen molar-refractivity contribution in [3.8, 4) is 0 Å². The van der Waals surface area contributed by atoms with Crippen LogP contribution < -0.4 is 10.6 Å². The van der Waals surface area contributed by atoms with Crippen molar-refractivity contribution in [2.24, 2.45) is 0 Å². The molecule has 2 heterocycles. The van der Waals surface area contributed by atoms with Crippen LogP contribution in [0.2, 0.25) is 0 Å². The van der Waals surface area contributed by atoms with Crippen molar-refractivity contribution in [3.05, 3.63) is 143 Å². The lowest BCUT2D eigenvalue weighted by Gasteiger charge is -2.08. The van der Waals surface area contributed by atoms with Gasteiger partial charge in [-0.15, -0.1) is 0 Å². The van der Waals surface area contributed by atoms with E-state index in [1.54, 1.807) is 0 Å². The average molecular weight is 511 g/mol. The lowest BCUT2D eigenvalue weighted by molar-refractivity contribution is -0.124.